The molecule has 1 aromatic heterocycles. The van der Waals surface area contributed by atoms with E-state index in [0.29, 0.717) is 6.67 Å². The van der Waals surface area contributed by atoms with E-state index in [2.05, 4.69) is 4.90 Å². The Bertz CT molecular complexity index is 795. The molecule has 0 amide bonds. The van der Waals surface area contributed by atoms with Gasteiger partial charge in [-0.15, -0.1) is 0 Å². The Morgan fingerprint density at radius 3 is 2.44 bits per heavy atom. The lowest BCUT2D eigenvalue weighted by Crippen LogP contribution is -3.14. The summed E-state index contributed by atoms with van der Waals surface area (Å²) in [6, 6.07) is 10.5. The van der Waals surface area contributed by atoms with Crippen molar-refractivity contribution in [3.8, 4) is 5.75 Å². The summed E-state index contributed by atoms with van der Waals surface area (Å²) < 4.78 is 6.60. The van der Waals surface area contributed by atoms with Gasteiger partial charge in [-0.1, -0.05) is 0 Å². The van der Waals surface area contributed by atoms with E-state index in [1.165, 1.54) is 27.8 Å². The molecule has 2 aromatic rings. The van der Waals surface area contributed by atoms with Crippen molar-refractivity contribution in [1.29, 1.82) is 0 Å². The summed E-state index contributed by atoms with van der Waals surface area (Å²) >= 11 is 0. The van der Waals surface area contributed by atoms with E-state index in [0.717, 1.165) is 37.6 Å². The zero-order valence-electron chi connectivity index (χ0n) is 14.1. The van der Waals surface area contributed by atoms with Crippen molar-refractivity contribution in [2.75, 3.05) is 38.2 Å². The first-order valence-electron chi connectivity index (χ1n) is 8.14. The number of nitrogens with one attached hydrogen (secondary N) is 1. The molecular formula is C17H21N4O4+. The predicted octanol–water partition coefficient (Wildman–Crippen LogP) is 0.128. The summed E-state index contributed by atoms with van der Waals surface area (Å²) in [5.74, 6) is 0.832. The van der Waals surface area contributed by atoms with Crippen LogP contribution in [0.3, 0.4) is 0 Å². The van der Waals surface area contributed by atoms with E-state index >= 15 is 0 Å². The minimum absolute atomic E-state index is 0.0594. The van der Waals surface area contributed by atoms with Crippen molar-refractivity contribution in [3.05, 3.63) is 63.1 Å². The SMILES string of the molecule is COc1ccc(N2CC[NH+](Cn3cc([N+](=O)[O-])ccc3=O)CC2)cc1. The number of methoxy groups -OCH3 is 1. The van der Waals surface area contributed by atoms with Crippen LogP contribution in [-0.4, -0.2) is 42.8 Å². The first-order valence-corrected chi connectivity index (χ1v) is 8.14. The molecule has 1 aromatic carbocycles. The smallest absolute Gasteiger partial charge is 0.285 e. The van der Waals surface area contributed by atoms with E-state index in [9.17, 15) is 14.9 Å². The first-order chi connectivity index (χ1) is 12.1. The molecule has 0 spiro atoms. The molecule has 0 radical (unpaired) electrons. The van der Waals surface area contributed by atoms with Crippen molar-refractivity contribution >= 4 is 11.4 Å². The average Bonchev–Trinajstić information content (AvgIpc) is 2.64. The Morgan fingerprint density at radius 2 is 1.84 bits per heavy atom. The fourth-order valence-corrected chi connectivity index (χ4v) is 3.02. The molecule has 25 heavy (non-hydrogen) atoms. The number of pyridine rings is 1. The van der Waals surface area contributed by atoms with Crippen molar-refractivity contribution in [2.45, 2.75) is 6.67 Å². The van der Waals surface area contributed by atoms with Gasteiger partial charge in [0.1, 0.15) is 5.75 Å². The fraction of sp³-hybridized carbons (Fsp3) is 0.353. The van der Waals surface area contributed by atoms with Crippen LogP contribution in [0, 0.1) is 10.1 Å². The van der Waals surface area contributed by atoms with Gasteiger partial charge >= 0.3 is 0 Å². The molecule has 0 atom stereocenters. The van der Waals surface area contributed by atoms with Gasteiger partial charge in [-0.25, -0.2) is 0 Å². The molecule has 1 N–H and O–H groups in total. The Hall–Kier alpha value is -2.87. The van der Waals surface area contributed by atoms with E-state index < -0.39 is 4.92 Å². The van der Waals surface area contributed by atoms with Gasteiger partial charge in [0.15, 0.2) is 6.67 Å². The van der Waals surface area contributed by atoms with Crippen LogP contribution in [0.25, 0.3) is 0 Å². The summed E-state index contributed by atoms with van der Waals surface area (Å²) in [5.41, 5.74) is 0.874. The van der Waals surface area contributed by atoms with Crippen molar-refractivity contribution < 1.29 is 14.6 Å². The van der Waals surface area contributed by atoms with Gasteiger partial charge in [-0.2, -0.15) is 0 Å². The molecule has 1 fully saturated rings. The predicted molar refractivity (Wildman–Crippen MR) is 93.3 cm³/mol. The average molecular weight is 345 g/mol. The van der Waals surface area contributed by atoms with E-state index in [1.807, 2.05) is 24.3 Å². The van der Waals surface area contributed by atoms with Crippen LogP contribution in [0.15, 0.2) is 47.4 Å². The molecular weight excluding hydrogens is 324 g/mol. The minimum atomic E-state index is -0.479. The maximum atomic E-state index is 11.9. The lowest BCUT2D eigenvalue weighted by molar-refractivity contribution is -0.923. The highest BCUT2D eigenvalue weighted by Crippen LogP contribution is 2.18. The minimum Gasteiger partial charge on any atom is -0.497 e. The summed E-state index contributed by atoms with van der Waals surface area (Å²) in [7, 11) is 1.65. The fourth-order valence-electron chi connectivity index (χ4n) is 3.02. The van der Waals surface area contributed by atoms with Gasteiger partial charge in [0.05, 0.1) is 44.4 Å². The number of quaternary nitrogens is 1. The molecule has 0 bridgehead atoms. The van der Waals surface area contributed by atoms with Crippen molar-refractivity contribution in [2.24, 2.45) is 0 Å². The number of hydrogen-bond acceptors (Lipinski definition) is 5. The third kappa shape index (κ3) is 3.97. The summed E-state index contributed by atoms with van der Waals surface area (Å²) in [4.78, 5) is 25.8. The third-order valence-corrected chi connectivity index (χ3v) is 4.48. The van der Waals surface area contributed by atoms with Gasteiger partial charge in [-0.05, 0) is 24.3 Å². The second-order valence-electron chi connectivity index (χ2n) is 6.05. The molecule has 0 saturated carbocycles. The topological polar surface area (TPSA) is 82.1 Å². The van der Waals surface area contributed by atoms with Crippen molar-refractivity contribution in [1.82, 2.24) is 4.57 Å². The first kappa shape index (κ1) is 17.0. The molecule has 0 unspecified atom stereocenters. The quantitative estimate of drug-likeness (QED) is 0.615. The molecule has 132 valence electrons. The van der Waals surface area contributed by atoms with Crippen LogP contribution in [-0.2, 0) is 6.67 Å². The zero-order chi connectivity index (χ0) is 17.8. The maximum absolute atomic E-state index is 11.9. The Morgan fingerprint density at radius 1 is 1.16 bits per heavy atom. The van der Waals surface area contributed by atoms with E-state index in [4.69, 9.17) is 4.74 Å². The Kier molecular flexibility index (Phi) is 4.99. The second kappa shape index (κ2) is 7.35. The Balaban J connectivity index is 1.62. The molecule has 1 aliphatic heterocycles. The highest BCUT2D eigenvalue weighted by atomic mass is 16.6. The molecule has 1 saturated heterocycles. The van der Waals surface area contributed by atoms with Gasteiger partial charge in [0.25, 0.3) is 11.2 Å². The Labute approximate surface area is 145 Å². The zero-order valence-corrected chi connectivity index (χ0v) is 14.1. The van der Waals surface area contributed by atoms with Crippen LogP contribution in [0.2, 0.25) is 0 Å². The monoisotopic (exact) mass is 345 g/mol. The summed E-state index contributed by atoms with van der Waals surface area (Å²) in [6.45, 7) is 3.90. The van der Waals surface area contributed by atoms with Gasteiger partial charge in [0.2, 0.25) is 0 Å². The number of nitro groups is 1. The van der Waals surface area contributed by atoms with Gasteiger partial charge in [0, 0.05) is 17.8 Å². The number of hydrogen-bond donors (Lipinski definition) is 1. The van der Waals surface area contributed by atoms with Crippen LogP contribution in [0.1, 0.15) is 0 Å². The lowest BCUT2D eigenvalue weighted by Gasteiger charge is -2.33. The largest absolute Gasteiger partial charge is 0.497 e. The van der Waals surface area contributed by atoms with Crippen LogP contribution < -0.4 is 20.1 Å². The van der Waals surface area contributed by atoms with Crippen LogP contribution in [0.5, 0.6) is 5.75 Å². The highest BCUT2D eigenvalue weighted by molar-refractivity contribution is 5.49. The van der Waals surface area contributed by atoms with Crippen LogP contribution in [0.4, 0.5) is 11.4 Å². The molecule has 3 rings (SSSR count). The third-order valence-electron chi connectivity index (χ3n) is 4.48. The number of benzene rings is 1. The van der Waals surface area contributed by atoms with Gasteiger partial charge in [-0.3, -0.25) is 19.5 Å². The maximum Gasteiger partial charge on any atom is 0.285 e. The molecule has 0 aliphatic carbocycles. The standard InChI is InChI=1S/C17H20N4O4/c1-25-16-5-2-14(3-6-16)19-10-8-18(9-11-19)13-20-12-15(21(23)24)4-7-17(20)22/h2-7,12H,8-11,13H2,1H3/p+1. The van der Waals surface area contributed by atoms with E-state index in [-0.39, 0.29) is 11.2 Å². The normalized spacial score (nSPS) is 15.2. The molecule has 2 heterocycles. The summed E-state index contributed by atoms with van der Waals surface area (Å²) in [6.07, 6.45) is 1.32. The number of aromatic nitrogens is 1. The second-order valence-corrected chi connectivity index (χ2v) is 6.05. The number of nitrogens with zero attached hydrogens (tertiary/aromatic N) is 3. The van der Waals surface area contributed by atoms with Crippen LogP contribution >= 0.6 is 0 Å². The highest BCUT2D eigenvalue weighted by Gasteiger charge is 2.21. The number of rotatable bonds is 5. The van der Waals surface area contributed by atoms with E-state index in [1.54, 1.807) is 7.11 Å². The molecule has 8 nitrogen and oxygen atoms in total. The number of piperazine rings is 1. The summed E-state index contributed by atoms with van der Waals surface area (Å²) in [5, 5.41) is 10.9. The lowest BCUT2D eigenvalue weighted by atomic mass is 10.2. The molecule has 1 aliphatic rings. The number of ether oxygens (including phenoxy) is 1. The van der Waals surface area contributed by atoms with Gasteiger partial charge < -0.3 is 14.5 Å². The number of anilines is 1. The molecule has 8 heteroatoms. The van der Waals surface area contributed by atoms with Crippen molar-refractivity contribution in [3.63, 3.8) is 0 Å².